The molecule has 2 nitrogen and oxygen atoms in total. The topological polar surface area (TPSA) is 35.2 Å². The van der Waals surface area contributed by atoms with Crippen molar-refractivity contribution in [1.82, 2.24) is 0 Å². The summed E-state index contributed by atoms with van der Waals surface area (Å²) in [6.45, 7) is 10.9. The molecule has 0 radical (unpaired) electrons. The Hall–Kier alpha value is -0.380. The van der Waals surface area contributed by atoms with Crippen LogP contribution < -0.4 is 5.73 Å². The van der Waals surface area contributed by atoms with Crippen molar-refractivity contribution in [2.75, 3.05) is 0 Å². The molecule has 0 aliphatic carbocycles. The maximum atomic E-state index is 6.49. The summed E-state index contributed by atoms with van der Waals surface area (Å²) in [5, 5.41) is 0. The molecule has 1 aromatic rings. The van der Waals surface area contributed by atoms with E-state index < -0.39 is 0 Å². The monoisotopic (exact) mass is 253 g/mol. The molecule has 0 spiro atoms. The smallest absolute Gasteiger partial charge is 0.0600 e. The lowest BCUT2D eigenvalue weighted by Crippen LogP contribution is -2.30. The number of nitrogens with two attached hydrogens (primary N) is 1. The highest BCUT2D eigenvalue weighted by Gasteiger charge is 2.41. The Balaban J connectivity index is 2.25. The highest BCUT2D eigenvalue weighted by Crippen LogP contribution is 2.42. The van der Waals surface area contributed by atoms with E-state index in [1.165, 1.54) is 15.3 Å². The van der Waals surface area contributed by atoms with Gasteiger partial charge in [0.05, 0.1) is 12.2 Å². The molecule has 5 unspecified atom stereocenters. The molecule has 5 atom stereocenters. The van der Waals surface area contributed by atoms with Crippen LogP contribution in [-0.4, -0.2) is 12.2 Å². The van der Waals surface area contributed by atoms with Gasteiger partial charge in [-0.2, -0.15) is 0 Å². The minimum Gasteiger partial charge on any atom is -0.375 e. The number of hydrogen-bond donors (Lipinski definition) is 1. The van der Waals surface area contributed by atoms with Crippen molar-refractivity contribution in [3.63, 3.8) is 0 Å². The van der Waals surface area contributed by atoms with Gasteiger partial charge in [0.15, 0.2) is 0 Å². The van der Waals surface area contributed by atoms with Gasteiger partial charge in [0.2, 0.25) is 0 Å². The van der Waals surface area contributed by atoms with E-state index in [-0.39, 0.29) is 12.1 Å². The van der Waals surface area contributed by atoms with E-state index in [0.717, 1.165) is 0 Å². The van der Waals surface area contributed by atoms with Crippen LogP contribution in [0.3, 0.4) is 0 Å². The molecule has 0 amide bonds. The number of rotatable bonds is 2. The Morgan fingerprint density at radius 1 is 1.24 bits per heavy atom. The number of aryl methyl sites for hydroxylation is 2. The van der Waals surface area contributed by atoms with E-state index in [2.05, 4.69) is 40.7 Å². The Morgan fingerprint density at radius 2 is 1.88 bits per heavy atom. The summed E-state index contributed by atoms with van der Waals surface area (Å²) < 4.78 is 5.90. The first kappa shape index (κ1) is 13.1. The summed E-state index contributed by atoms with van der Waals surface area (Å²) in [5.41, 5.74) is 7.82. The minimum atomic E-state index is 0.114. The fraction of sp³-hybridized carbons (Fsp3) is 0.714. The van der Waals surface area contributed by atoms with Crippen molar-refractivity contribution in [1.29, 1.82) is 0 Å². The van der Waals surface area contributed by atoms with E-state index >= 15 is 0 Å². The van der Waals surface area contributed by atoms with Crippen molar-refractivity contribution in [2.24, 2.45) is 17.6 Å². The molecule has 0 bridgehead atoms. The van der Waals surface area contributed by atoms with Crippen molar-refractivity contribution in [2.45, 2.75) is 52.9 Å². The largest absolute Gasteiger partial charge is 0.375 e. The van der Waals surface area contributed by atoms with Crippen molar-refractivity contribution >= 4 is 11.3 Å². The molecule has 2 N–H and O–H groups in total. The van der Waals surface area contributed by atoms with Gasteiger partial charge in [0.25, 0.3) is 0 Å². The normalized spacial score (nSPS) is 35.2. The predicted molar refractivity (Wildman–Crippen MR) is 73.4 cm³/mol. The highest BCUT2D eigenvalue weighted by atomic mass is 32.1. The average molecular weight is 253 g/mol. The summed E-state index contributed by atoms with van der Waals surface area (Å²) in [6, 6.07) is 2.35. The Labute approximate surface area is 108 Å². The lowest BCUT2D eigenvalue weighted by molar-refractivity contribution is 0.0490. The second-order valence-electron chi connectivity index (χ2n) is 5.41. The zero-order chi connectivity index (χ0) is 12.7. The molecule has 3 heteroatoms. The van der Waals surface area contributed by atoms with Gasteiger partial charge in [-0.1, -0.05) is 6.92 Å². The summed E-state index contributed by atoms with van der Waals surface area (Å²) in [6.07, 6.45) is 0.583. The standard InChI is InChI=1S/C14H23NOS/c1-7-6-8(2)17-14(7)13(15)12-9(3)10(4)16-11(12)5/h6,9-13H,15H2,1-5H3. The van der Waals surface area contributed by atoms with Crippen LogP contribution in [0, 0.1) is 25.7 Å². The molecule has 96 valence electrons. The number of hydrogen-bond acceptors (Lipinski definition) is 3. The second-order valence-corrected chi connectivity index (χ2v) is 6.70. The summed E-state index contributed by atoms with van der Waals surface area (Å²) in [7, 11) is 0. The second kappa shape index (κ2) is 4.71. The van der Waals surface area contributed by atoms with Crippen LogP contribution in [0.2, 0.25) is 0 Å². The zero-order valence-electron chi connectivity index (χ0n) is 11.4. The van der Waals surface area contributed by atoms with Crippen LogP contribution >= 0.6 is 11.3 Å². The van der Waals surface area contributed by atoms with Crippen molar-refractivity contribution in [3.05, 3.63) is 21.4 Å². The van der Waals surface area contributed by atoms with Crippen molar-refractivity contribution in [3.8, 4) is 0 Å². The third-order valence-electron chi connectivity index (χ3n) is 4.12. The molecule has 1 aliphatic heterocycles. The molecule has 2 rings (SSSR count). The van der Waals surface area contributed by atoms with Crippen LogP contribution in [0.15, 0.2) is 6.07 Å². The van der Waals surface area contributed by atoms with Gasteiger partial charge in [-0.15, -0.1) is 11.3 Å². The maximum Gasteiger partial charge on any atom is 0.0600 e. The van der Waals surface area contributed by atoms with Crippen LogP contribution in [-0.2, 0) is 4.74 Å². The summed E-state index contributed by atoms with van der Waals surface area (Å²) >= 11 is 1.83. The van der Waals surface area contributed by atoms with E-state index in [9.17, 15) is 0 Å². The van der Waals surface area contributed by atoms with Gasteiger partial charge >= 0.3 is 0 Å². The Kier molecular flexibility index (Phi) is 3.62. The highest BCUT2D eigenvalue weighted by molar-refractivity contribution is 7.12. The molecule has 2 heterocycles. The SMILES string of the molecule is Cc1cc(C)c(C(N)C2C(C)OC(C)C2C)s1. The zero-order valence-corrected chi connectivity index (χ0v) is 12.2. The molecule has 1 saturated heterocycles. The van der Waals surface area contributed by atoms with Gasteiger partial charge in [-0.05, 0) is 45.2 Å². The van der Waals surface area contributed by atoms with Crippen LogP contribution in [0.4, 0.5) is 0 Å². The fourth-order valence-corrected chi connectivity index (χ4v) is 4.17. The molecule has 17 heavy (non-hydrogen) atoms. The van der Waals surface area contributed by atoms with Crippen LogP contribution in [0.5, 0.6) is 0 Å². The summed E-state index contributed by atoms with van der Waals surface area (Å²) in [4.78, 5) is 2.68. The first-order valence-electron chi connectivity index (χ1n) is 6.39. The lowest BCUT2D eigenvalue weighted by Gasteiger charge is -2.25. The van der Waals surface area contributed by atoms with Gasteiger partial charge in [0, 0.05) is 21.7 Å². The van der Waals surface area contributed by atoms with Crippen LogP contribution in [0.25, 0.3) is 0 Å². The van der Waals surface area contributed by atoms with E-state index in [1.54, 1.807) is 0 Å². The van der Waals surface area contributed by atoms with Gasteiger partial charge in [-0.3, -0.25) is 0 Å². The number of thiophene rings is 1. The maximum absolute atomic E-state index is 6.49. The predicted octanol–water partition coefficient (Wildman–Crippen LogP) is 3.42. The lowest BCUT2D eigenvalue weighted by atomic mass is 9.82. The van der Waals surface area contributed by atoms with Crippen LogP contribution in [0.1, 0.15) is 42.1 Å². The van der Waals surface area contributed by atoms with Crippen molar-refractivity contribution < 1.29 is 4.74 Å². The Bertz CT molecular complexity index is 401. The Morgan fingerprint density at radius 3 is 2.29 bits per heavy atom. The molecule has 0 aromatic carbocycles. The molecule has 1 aliphatic rings. The average Bonchev–Trinajstić information content (AvgIpc) is 2.68. The third kappa shape index (κ3) is 2.28. The quantitative estimate of drug-likeness (QED) is 0.876. The molecule has 0 saturated carbocycles. The first-order chi connectivity index (χ1) is 7.91. The van der Waals surface area contributed by atoms with E-state index in [0.29, 0.717) is 17.9 Å². The molecular formula is C14H23NOS. The van der Waals surface area contributed by atoms with Gasteiger partial charge in [0.1, 0.15) is 0 Å². The number of ether oxygens (including phenoxy) is 1. The van der Waals surface area contributed by atoms with E-state index in [1.807, 2.05) is 11.3 Å². The molecular weight excluding hydrogens is 230 g/mol. The van der Waals surface area contributed by atoms with Gasteiger partial charge in [-0.25, -0.2) is 0 Å². The van der Waals surface area contributed by atoms with E-state index in [4.69, 9.17) is 10.5 Å². The molecule has 1 aromatic heterocycles. The minimum absolute atomic E-state index is 0.114. The first-order valence-corrected chi connectivity index (χ1v) is 7.21. The van der Waals surface area contributed by atoms with Gasteiger partial charge < -0.3 is 10.5 Å². The fourth-order valence-electron chi connectivity index (χ4n) is 3.08. The third-order valence-corrected chi connectivity index (χ3v) is 5.37. The molecule has 1 fully saturated rings. The summed E-state index contributed by atoms with van der Waals surface area (Å²) in [5.74, 6) is 0.962.